The Morgan fingerprint density at radius 1 is 1.11 bits per heavy atom. The van der Waals surface area contributed by atoms with Gasteiger partial charge < -0.3 is 9.47 Å². The first-order valence-corrected chi connectivity index (χ1v) is 5.58. The molecule has 0 spiro atoms. The summed E-state index contributed by atoms with van der Waals surface area (Å²) in [4.78, 5) is 11.2. The van der Waals surface area contributed by atoms with Crippen LogP contribution in [0.1, 0.15) is 5.56 Å². The number of methoxy groups -OCH3 is 2. The van der Waals surface area contributed by atoms with Crippen molar-refractivity contribution in [1.29, 1.82) is 0 Å². The van der Waals surface area contributed by atoms with Gasteiger partial charge >= 0.3 is 5.97 Å². The van der Waals surface area contributed by atoms with Gasteiger partial charge in [-0.2, -0.15) is 0 Å². The van der Waals surface area contributed by atoms with Crippen LogP contribution in [0.15, 0.2) is 42.5 Å². The largest absolute Gasteiger partial charge is 0.496 e. The minimum absolute atomic E-state index is 0.384. The molecule has 0 aromatic heterocycles. The lowest BCUT2D eigenvalue weighted by Gasteiger charge is -2.08. The van der Waals surface area contributed by atoms with Crippen LogP contribution in [-0.2, 0) is 9.53 Å². The van der Waals surface area contributed by atoms with Crippen LogP contribution in [-0.4, -0.2) is 20.2 Å². The second-order valence-electron chi connectivity index (χ2n) is 3.76. The van der Waals surface area contributed by atoms with E-state index in [1.54, 1.807) is 13.2 Å². The zero-order chi connectivity index (χ0) is 13.0. The van der Waals surface area contributed by atoms with E-state index in [-0.39, 0.29) is 5.97 Å². The minimum atomic E-state index is -0.384. The van der Waals surface area contributed by atoms with Crippen molar-refractivity contribution in [1.82, 2.24) is 0 Å². The lowest BCUT2D eigenvalue weighted by atomic mass is 10.0. The number of hydrogen-bond donors (Lipinski definition) is 0. The fraction of sp³-hybridized carbons (Fsp3) is 0.133. The third-order valence-electron chi connectivity index (χ3n) is 2.74. The van der Waals surface area contributed by atoms with Gasteiger partial charge in [0.1, 0.15) is 5.75 Å². The van der Waals surface area contributed by atoms with Gasteiger partial charge in [-0.3, -0.25) is 0 Å². The molecule has 3 heteroatoms. The Bertz CT molecular complexity index is 600. The summed E-state index contributed by atoms with van der Waals surface area (Å²) in [5.41, 5.74) is 0.876. The van der Waals surface area contributed by atoms with Gasteiger partial charge in [-0.05, 0) is 22.9 Å². The lowest BCUT2D eigenvalue weighted by Crippen LogP contribution is -1.94. The minimum Gasteiger partial charge on any atom is -0.496 e. The average molecular weight is 242 g/mol. The first-order chi connectivity index (χ1) is 8.76. The molecule has 0 saturated carbocycles. The molecule has 0 N–H and O–H groups in total. The number of carbonyl (C=O) groups excluding carboxylic acids is 1. The molecule has 0 bridgehead atoms. The van der Waals surface area contributed by atoms with Crippen molar-refractivity contribution in [2.24, 2.45) is 0 Å². The summed E-state index contributed by atoms with van der Waals surface area (Å²) in [7, 11) is 2.96. The molecular formula is C15H14O3. The summed E-state index contributed by atoms with van der Waals surface area (Å²) in [5.74, 6) is 0.346. The molecule has 0 amide bonds. The van der Waals surface area contributed by atoms with Crippen LogP contribution in [0.5, 0.6) is 5.75 Å². The maximum absolute atomic E-state index is 11.2. The van der Waals surface area contributed by atoms with E-state index in [1.807, 2.05) is 36.4 Å². The average Bonchev–Trinajstić information content (AvgIpc) is 2.44. The van der Waals surface area contributed by atoms with E-state index in [0.717, 1.165) is 22.1 Å². The lowest BCUT2D eigenvalue weighted by molar-refractivity contribution is -0.134. The standard InChI is InChI=1S/C15H14O3/c1-17-14-9-7-11-5-3-4-6-12(11)13(14)8-10-15(16)18-2/h3-10H,1-2H3. The van der Waals surface area contributed by atoms with Gasteiger partial charge in [0.15, 0.2) is 0 Å². The van der Waals surface area contributed by atoms with Gasteiger partial charge in [0, 0.05) is 11.6 Å². The normalized spacial score (nSPS) is 10.8. The Labute approximate surface area is 106 Å². The molecule has 2 rings (SSSR count). The quantitative estimate of drug-likeness (QED) is 0.613. The molecule has 3 nitrogen and oxygen atoms in total. The number of hydrogen-bond acceptors (Lipinski definition) is 3. The SMILES string of the molecule is COC(=O)C=Cc1c(OC)ccc2ccccc12. The Morgan fingerprint density at radius 2 is 1.89 bits per heavy atom. The van der Waals surface area contributed by atoms with Crippen molar-refractivity contribution < 1.29 is 14.3 Å². The monoisotopic (exact) mass is 242 g/mol. The number of esters is 1. The second kappa shape index (κ2) is 5.36. The Hall–Kier alpha value is -2.29. The number of fused-ring (bicyclic) bond motifs is 1. The molecule has 18 heavy (non-hydrogen) atoms. The molecule has 0 heterocycles. The van der Waals surface area contributed by atoms with Gasteiger partial charge in [-0.15, -0.1) is 0 Å². The molecule has 0 aliphatic heterocycles. The van der Waals surface area contributed by atoms with Crippen molar-refractivity contribution in [3.63, 3.8) is 0 Å². The highest BCUT2D eigenvalue weighted by atomic mass is 16.5. The van der Waals surface area contributed by atoms with E-state index in [4.69, 9.17) is 4.74 Å². The molecule has 0 atom stereocenters. The first kappa shape index (κ1) is 12.2. The number of carbonyl (C=O) groups is 1. The Kier molecular flexibility index (Phi) is 3.63. The maximum atomic E-state index is 11.2. The zero-order valence-corrected chi connectivity index (χ0v) is 10.3. The van der Waals surface area contributed by atoms with Crippen LogP contribution in [0, 0.1) is 0 Å². The fourth-order valence-electron chi connectivity index (χ4n) is 1.84. The predicted molar refractivity (Wildman–Crippen MR) is 71.6 cm³/mol. The van der Waals surface area contributed by atoms with E-state index in [0.29, 0.717) is 0 Å². The van der Waals surface area contributed by atoms with Crippen molar-refractivity contribution in [3.05, 3.63) is 48.0 Å². The summed E-state index contributed by atoms with van der Waals surface area (Å²) in [6.07, 6.45) is 3.11. The highest BCUT2D eigenvalue weighted by Gasteiger charge is 2.05. The smallest absolute Gasteiger partial charge is 0.330 e. The number of rotatable bonds is 3. The van der Waals surface area contributed by atoms with Crippen LogP contribution in [0.4, 0.5) is 0 Å². The maximum Gasteiger partial charge on any atom is 0.330 e. The molecule has 2 aromatic carbocycles. The fourth-order valence-corrected chi connectivity index (χ4v) is 1.84. The number of benzene rings is 2. The molecule has 92 valence electrons. The van der Waals surface area contributed by atoms with Crippen molar-refractivity contribution in [3.8, 4) is 5.75 Å². The second-order valence-corrected chi connectivity index (χ2v) is 3.76. The van der Waals surface area contributed by atoms with Gasteiger partial charge in [-0.25, -0.2) is 4.79 Å². The summed E-state index contributed by atoms with van der Waals surface area (Å²) >= 11 is 0. The number of ether oxygens (including phenoxy) is 2. The van der Waals surface area contributed by atoms with Crippen molar-refractivity contribution in [2.45, 2.75) is 0 Å². The molecular weight excluding hydrogens is 228 g/mol. The highest BCUT2D eigenvalue weighted by molar-refractivity contribution is 5.96. The molecule has 2 aromatic rings. The Morgan fingerprint density at radius 3 is 2.61 bits per heavy atom. The summed E-state index contributed by atoms with van der Waals surface area (Å²) < 4.78 is 9.91. The third-order valence-corrected chi connectivity index (χ3v) is 2.74. The topological polar surface area (TPSA) is 35.5 Å². The van der Waals surface area contributed by atoms with Crippen LogP contribution in [0.25, 0.3) is 16.8 Å². The summed E-state index contributed by atoms with van der Waals surface area (Å²) in [6.45, 7) is 0. The first-order valence-electron chi connectivity index (χ1n) is 5.58. The molecule has 0 fully saturated rings. The summed E-state index contributed by atoms with van der Waals surface area (Å²) in [5, 5.41) is 2.14. The predicted octanol–water partition coefficient (Wildman–Crippen LogP) is 3.03. The van der Waals surface area contributed by atoms with Crippen LogP contribution in [0.2, 0.25) is 0 Å². The molecule has 0 aliphatic rings. The van der Waals surface area contributed by atoms with Crippen molar-refractivity contribution >= 4 is 22.8 Å². The van der Waals surface area contributed by atoms with E-state index < -0.39 is 0 Å². The van der Waals surface area contributed by atoms with Crippen LogP contribution >= 0.6 is 0 Å². The Balaban J connectivity index is 2.58. The van der Waals surface area contributed by atoms with E-state index >= 15 is 0 Å². The van der Waals surface area contributed by atoms with E-state index in [2.05, 4.69) is 4.74 Å². The van der Waals surface area contributed by atoms with Crippen molar-refractivity contribution in [2.75, 3.05) is 14.2 Å². The molecule has 0 aliphatic carbocycles. The van der Waals surface area contributed by atoms with E-state index in [9.17, 15) is 4.79 Å². The molecule has 0 radical (unpaired) electrons. The van der Waals surface area contributed by atoms with Gasteiger partial charge in [0.05, 0.1) is 14.2 Å². The zero-order valence-electron chi connectivity index (χ0n) is 10.3. The molecule has 0 saturated heterocycles. The van der Waals surface area contributed by atoms with Crippen LogP contribution < -0.4 is 4.74 Å². The van der Waals surface area contributed by atoms with Gasteiger partial charge in [0.2, 0.25) is 0 Å². The van der Waals surface area contributed by atoms with Gasteiger partial charge in [0.25, 0.3) is 0 Å². The highest BCUT2D eigenvalue weighted by Crippen LogP contribution is 2.29. The van der Waals surface area contributed by atoms with Gasteiger partial charge in [-0.1, -0.05) is 30.3 Å². The van der Waals surface area contributed by atoms with Crippen LogP contribution in [0.3, 0.4) is 0 Å². The summed E-state index contributed by atoms with van der Waals surface area (Å²) in [6, 6.07) is 11.8. The molecule has 0 unspecified atom stereocenters. The third kappa shape index (κ3) is 2.35. The van der Waals surface area contributed by atoms with E-state index in [1.165, 1.54) is 13.2 Å².